The fraction of sp³-hybridized carbons (Fsp3) is 0.588. The second-order valence-electron chi connectivity index (χ2n) is 6.49. The van der Waals surface area contributed by atoms with Crippen molar-refractivity contribution in [2.24, 2.45) is 7.05 Å². The predicted molar refractivity (Wildman–Crippen MR) is 91.5 cm³/mol. The van der Waals surface area contributed by atoms with Crippen LogP contribution in [-0.4, -0.2) is 38.9 Å². The van der Waals surface area contributed by atoms with Gasteiger partial charge in [-0.25, -0.2) is 9.97 Å². The van der Waals surface area contributed by atoms with Crippen LogP contribution in [0.2, 0.25) is 0 Å². The summed E-state index contributed by atoms with van der Waals surface area (Å²) in [6.45, 7) is 8.98. The average molecular weight is 314 g/mol. The second-order valence-corrected chi connectivity index (χ2v) is 6.49. The van der Waals surface area contributed by atoms with Crippen LogP contribution in [0.3, 0.4) is 0 Å². The highest BCUT2D eigenvalue weighted by Crippen LogP contribution is 2.17. The molecule has 0 aliphatic carbocycles. The third-order valence-electron chi connectivity index (χ3n) is 4.42. The van der Waals surface area contributed by atoms with E-state index in [1.807, 2.05) is 38.6 Å². The second kappa shape index (κ2) is 6.66. The van der Waals surface area contributed by atoms with Crippen LogP contribution >= 0.6 is 0 Å². The van der Waals surface area contributed by atoms with Crippen molar-refractivity contribution in [3.05, 3.63) is 34.9 Å². The molecule has 23 heavy (non-hydrogen) atoms. The SMILES string of the molecule is Cc1cc(C)nc(N2CCC(NCc3cc(C)nn3C)CC2)n1. The number of aromatic nitrogens is 4. The maximum absolute atomic E-state index is 4.57. The van der Waals surface area contributed by atoms with Crippen LogP contribution in [0, 0.1) is 20.8 Å². The van der Waals surface area contributed by atoms with Crippen molar-refractivity contribution in [1.82, 2.24) is 25.1 Å². The minimum atomic E-state index is 0.548. The molecule has 6 heteroatoms. The molecule has 0 aromatic carbocycles. The molecule has 0 unspecified atom stereocenters. The summed E-state index contributed by atoms with van der Waals surface area (Å²) in [5.74, 6) is 0.878. The monoisotopic (exact) mass is 314 g/mol. The standard InChI is InChI=1S/C17H26N6/c1-12-9-13(2)20-17(19-12)23-7-5-15(6-8-23)18-11-16-10-14(3)21-22(16)4/h9-10,15,18H,5-8,11H2,1-4H3. The third kappa shape index (κ3) is 3.88. The summed E-state index contributed by atoms with van der Waals surface area (Å²) >= 11 is 0. The van der Waals surface area contributed by atoms with Crippen molar-refractivity contribution in [2.45, 2.75) is 46.2 Å². The number of piperidine rings is 1. The summed E-state index contributed by atoms with van der Waals surface area (Å²) in [5.41, 5.74) is 4.40. The normalized spacial score (nSPS) is 16.1. The molecule has 1 aliphatic heterocycles. The van der Waals surface area contributed by atoms with E-state index in [1.54, 1.807) is 0 Å². The smallest absolute Gasteiger partial charge is 0.225 e. The Morgan fingerprint density at radius 3 is 2.26 bits per heavy atom. The summed E-state index contributed by atoms with van der Waals surface area (Å²) in [6, 6.07) is 4.71. The van der Waals surface area contributed by atoms with Crippen LogP contribution < -0.4 is 10.2 Å². The zero-order chi connectivity index (χ0) is 16.4. The van der Waals surface area contributed by atoms with Crippen LogP contribution in [0.4, 0.5) is 5.95 Å². The Hall–Kier alpha value is -1.95. The van der Waals surface area contributed by atoms with Gasteiger partial charge in [-0.05, 0) is 45.7 Å². The van der Waals surface area contributed by atoms with E-state index in [-0.39, 0.29) is 0 Å². The molecule has 0 amide bonds. The first-order chi connectivity index (χ1) is 11.0. The van der Waals surface area contributed by atoms with E-state index in [2.05, 4.69) is 31.3 Å². The molecule has 1 N–H and O–H groups in total. The Morgan fingerprint density at radius 2 is 1.70 bits per heavy atom. The Bertz CT molecular complexity index is 649. The lowest BCUT2D eigenvalue weighted by molar-refractivity contribution is 0.405. The first kappa shape index (κ1) is 15.9. The number of rotatable bonds is 4. The van der Waals surface area contributed by atoms with Gasteiger partial charge in [0.2, 0.25) is 5.95 Å². The highest BCUT2D eigenvalue weighted by atomic mass is 15.3. The molecule has 3 heterocycles. The number of nitrogens with one attached hydrogen (secondary N) is 1. The molecule has 3 rings (SSSR count). The number of anilines is 1. The molecule has 0 atom stereocenters. The molecule has 0 radical (unpaired) electrons. The number of hydrogen-bond acceptors (Lipinski definition) is 5. The summed E-state index contributed by atoms with van der Waals surface area (Å²) in [6.07, 6.45) is 2.24. The van der Waals surface area contributed by atoms with Crippen LogP contribution in [0.5, 0.6) is 0 Å². The lowest BCUT2D eigenvalue weighted by Gasteiger charge is -2.32. The minimum Gasteiger partial charge on any atom is -0.341 e. The minimum absolute atomic E-state index is 0.548. The number of nitrogens with zero attached hydrogens (tertiary/aromatic N) is 5. The van der Waals surface area contributed by atoms with E-state index in [4.69, 9.17) is 0 Å². The van der Waals surface area contributed by atoms with E-state index in [9.17, 15) is 0 Å². The van der Waals surface area contributed by atoms with Crippen LogP contribution in [0.25, 0.3) is 0 Å². The Morgan fingerprint density at radius 1 is 1.04 bits per heavy atom. The molecule has 6 nitrogen and oxygen atoms in total. The fourth-order valence-corrected chi connectivity index (χ4v) is 3.21. The maximum Gasteiger partial charge on any atom is 0.225 e. The van der Waals surface area contributed by atoms with E-state index >= 15 is 0 Å². The Labute approximate surface area is 137 Å². The van der Waals surface area contributed by atoms with Gasteiger partial charge in [-0.2, -0.15) is 5.10 Å². The molecule has 2 aromatic rings. The molecule has 0 bridgehead atoms. The summed E-state index contributed by atoms with van der Waals surface area (Å²) < 4.78 is 1.96. The van der Waals surface area contributed by atoms with Crippen molar-refractivity contribution in [2.75, 3.05) is 18.0 Å². The van der Waals surface area contributed by atoms with E-state index in [0.717, 1.165) is 55.5 Å². The van der Waals surface area contributed by atoms with Crippen LogP contribution in [0.1, 0.15) is 35.6 Å². The van der Waals surface area contributed by atoms with Gasteiger partial charge in [0.15, 0.2) is 0 Å². The highest BCUT2D eigenvalue weighted by molar-refractivity contribution is 5.32. The first-order valence-electron chi connectivity index (χ1n) is 8.31. The Balaban J connectivity index is 1.53. The van der Waals surface area contributed by atoms with Crippen molar-refractivity contribution in [3.8, 4) is 0 Å². The Kier molecular flexibility index (Phi) is 4.61. The van der Waals surface area contributed by atoms with Gasteiger partial charge < -0.3 is 10.2 Å². The van der Waals surface area contributed by atoms with E-state index < -0.39 is 0 Å². The first-order valence-corrected chi connectivity index (χ1v) is 8.31. The van der Waals surface area contributed by atoms with Crippen molar-refractivity contribution in [3.63, 3.8) is 0 Å². The quantitative estimate of drug-likeness (QED) is 0.934. The molecule has 2 aromatic heterocycles. The van der Waals surface area contributed by atoms with Gasteiger partial charge in [0, 0.05) is 44.1 Å². The van der Waals surface area contributed by atoms with Gasteiger partial charge in [-0.3, -0.25) is 4.68 Å². The van der Waals surface area contributed by atoms with Crippen molar-refractivity contribution < 1.29 is 0 Å². The topological polar surface area (TPSA) is 58.9 Å². The van der Waals surface area contributed by atoms with Crippen molar-refractivity contribution in [1.29, 1.82) is 0 Å². The van der Waals surface area contributed by atoms with Gasteiger partial charge in [0.25, 0.3) is 0 Å². The molecule has 0 spiro atoms. The van der Waals surface area contributed by atoms with Gasteiger partial charge in [0.05, 0.1) is 11.4 Å². The molecule has 124 valence electrons. The molecule has 1 saturated heterocycles. The number of aryl methyl sites for hydroxylation is 4. The summed E-state index contributed by atoms with van der Waals surface area (Å²) in [7, 11) is 2.00. The maximum atomic E-state index is 4.57. The van der Waals surface area contributed by atoms with Crippen LogP contribution in [-0.2, 0) is 13.6 Å². The van der Waals surface area contributed by atoms with E-state index in [1.165, 1.54) is 5.69 Å². The average Bonchev–Trinajstić information content (AvgIpc) is 2.82. The zero-order valence-electron chi connectivity index (χ0n) is 14.5. The molecular weight excluding hydrogens is 288 g/mol. The lowest BCUT2D eigenvalue weighted by atomic mass is 10.1. The summed E-state index contributed by atoms with van der Waals surface area (Å²) in [5, 5.41) is 8.05. The lowest BCUT2D eigenvalue weighted by Crippen LogP contribution is -2.43. The summed E-state index contributed by atoms with van der Waals surface area (Å²) in [4.78, 5) is 11.4. The van der Waals surface area contributed by atoms with Crippen molar-refractivity contribution >= 4 is 5.95 Å². The van der Waals surface area contributed by atoms with Gasteiger partial charge >= 0.3 is 0 Å². The zero-order valence-corrected chi connectivity index (χ0v) is 14.5. The molecular formula is C17H26N6. The number of hydrogen-bond donors (Lipinski definition) is 1. The highest BCUT2D eigenvalue weighted by Gasteiger charge is 2.21. The fourth-order valence-electron chi connectivity index (χ4n) is 3.21. The largest absolute Gasteiger partial charge is 0.341 e. The van der Waals surface area contributed by atoms with E-state index in [0.29, 0.717) is 6.04 Å². The van der Waals surface area contributed by atoms with Crippen LogP contribution in [0.15, 0.2) is 12.1 Å². The van der Waals surface area contributed by atoms with Gasteiger partial charge in [-0.1, -0.05) is 0 Å². The molecule has 0 saturated carbocycles. The molecule has 1 fully saturated rings. The predicted octanol–water partition coefficient (Wildman–Crippen LogP) is 1.89. The van der Waals surface area contributed by atoms with Gasteiger partial charge in [0.1, 0.15) is 0 Å². The van der Waals surface area contributed by atoms with Gasteiger partial charge in [-0.15, -0.1) is 0 Å². The third-order valence-corrected chi connectivity index (χ3v) is 4.42. The molecule has 1 aliphatic rings.